The molecule has 0 bridgehead atoms. The van der Waals surface area contributed by atoms with Crippen LogP contribution in [0.5, 0.6) is 5.75 Å². The number of ether oxygens (including phenoxy) is 1. The third-order valence-electron chi connectivity index (χ3n) is 4.08. The highest BCUT2D eigenvalue weighted by Gasteiger charge is 2.19. The molecule has 3 aromatic rings. The number of hydrogen-bond donors (Lipinski definition) is 2. The second-order valence-electron chi connectivity index (χ2n) is 6.06. The number of hydrogen-bond acceptors (Lipinski definition) is 4. The van der Waals surface area contributed by atoms with Gasteiger partial charge in [-0.25, -0.2) is 4.79 Å². The Morgan fingerprint density at radius 1 is 0.929 bits per heavy atom. The van der Waals surface area contributed by atoms with E-state index in [1.807, 2.05) is 83.3 Å². The van der Waals surface area contributed by atoms with Crippen LogP contribution in [0, 0.1) is 3.57 Å². The number of benzene rings is 3. The van der Waals surface area contributed by atoms with Gasteiger partial charge in [-0.2, -0.15) is 0 Å². The Bertz CT molecular complexity index is 921. The van der Waals surface area contributed by atoms with Crippen LogP contribution < -0.4 is 5.32 Å². The standard InChI is InChI=1S/C22H18INO4/c23-17-11-12-19(25)18(13-17)22(27)28-14-20(26)24-21(15-7-3-1-4-8-15)16-9-5-2-6-10-16/h1-13,21,25H,14H2,(H,24,26). The molecule has 0 heterocycles. The molecule has 1 amide bonds. The Labute approximate surface area is 176 Å². The fourth-order valence-corrected chi connectivity index (χ4v) is 3.22. The highest BCUT2D eigenvalue weighted by molar-refractivity contribution is 14.1. The number of amides is 1. The molecule has 0 spiro atoms. The van der Waals surface area contributed by atoms with E-state index in [1.165, 1.54) is 12.1 Å². The molecule has 0 radical (unpaired) electrons. The molecule has 0 aliphatic rings. The molecule has 0 atom stereocenters. The van der Waals surface area contributed by atoms with Gasteiger partial charge in [0.2, 0.25) is 0 Å². The molecule has 0 saturated carbocycles. The summed E-state index contributed by atoms with van der Waals surface area (Å²) in [5, 5.41) is 12.7. The molecular formula is C22H18INO4. The number of aromatic hydroxyl groups is 1. The summed E-state index contributed by atoms with van der Waals surface area (Å²) in [5.74, 6) is -1.37. The average Bonchev–Trinajstić information content (AvgIpc) is 2.73. The van der Waals surface area contributed by atoms with Gasteiger partial charge in [-0.3, -0.25) is 4.79 Å². The van der Waals surface area contributed by atoms with Crippen molar-refractivity contribution in [3.05, 3.63) is 99.1 Å². The van der Waals surface area contributed by atoms with Gasteiger partial charge in [0.1, 0.15) is 11.3 Å². The summed E-state index contributed by atoms with van der Waals surface area (Å²) in [5.41, 5.74) is 1.87. The number of nitrogens with one attached hydrogen (secondary N) is 1. The minimum atomic E-state index is -0.748. The van der Waals surface area contributed by atoms with E-state index < -0.39 is 18.5 Å². The normalized spacial score (nSPS) is 10.5. The van der Waals surface area contributed by atoms with Crippen LogP contribution in [0.25, 0.3) is 0 Å². The second kappa shape index (κ2) is 9.36. The summed E-state index contributed by atoms with van der Waals surface area (Å²) >= 11 is 2.03. The fourth-order valence-electron chi connectivity index (χ4n) is 2.73. The molecule has 6 heteroatoms. The van der Waals surface area contributed by atoms with Crippen molar-refractivity contribution in [3.63, 3.8) is 0 Å². The fraction of sp³-hybridized carbons (Fsp3) is 0.0909. The number of phenols is 1. The molecule has 0 unspecified atom stereocenters. The van der Waals surface area contributed by atoms with Crippen molar-refractivity contribution >= 4 is 34.5 Å². The van der Waals surface area contributed by atoms with Crippen molar-refractivity contribution < 1.29 is 19.4 Å². The number of phenolic OH excluding ortho intramolecular Hbond substituents is 1. The molecule has 0 saturated heterocycles. The van der Waals surface area contributed by atoms with Gasteiger partial charge in [0, 0.05) is 3.57 Å². The van der Waals surface area contributed by atoms with Crippen LogP contribution in [0.4, 0.5) is 0 Å². The van der Waals surface area contributed by atoms with Crippen LogP contribution in [-0.4, -0.2) is 23.6 Å². The Hall–Kier alpha value is -2.87. The summed E-state index contributed by atoms with van der Waals surface area (Å²) < 4.78 is 5.86. The van der Waals surface area contributed by atoms with Crippen molar-refractivity contribution in [2.45, 2.75) is 6.04 Å². The van der Waals surface area contributed by atoms with Crippen molar-refractivity contribution in [1.82, 2.24) is 5.32 Å². The zero-order valence-electron chi connectivity index (χ0n) is 14.8. The van der Waals surface area contributed by atoms with Crippen LogP contribution in [0.1, 0.15) is 27.5 Å². The van der Waals surface area contributed by atoms with E-state index in [1.54, 1.807) is 6.07 Å². The Kier molecular flexibility index (Phi) is 6.65. The Balaban J connectivity index is 1.69. The average molecular weight is 487 g/mol. The van der Waals surface area contributed by atoms with E-state index in [-0.39, 0.29) is 17.4 Å². The van der Waals surface area contributed by atoms with Crippen molar-refractivity contribution in [2.24, 2.45) is 0 Å². The zero-order chi connectivity index (χ0) is 19.9. The van der Waals surface area contributed by atoms with E-state index in [2.05, 4.69) is 5.32 Å². The molecule has 0 aliphatic heterocycles. The maximum Gasteiger partial charge on any atom is 0.342 e. The second-order valence-corrected chi connectivity index (χ2v) is 7.31. The first kappa shape index (κ1) is 19.9. The first-order valence-electron chi connectivity index (χ1n) is 8.59. The van der Waals surface area contributed by atoms with E-state index in [0.29, 0.717) is 0 Å². The van der Waals surface area contributed by atoms with Crippen molar-refractivity contribution in [3.8, 4) is 5.75 Å². The van der Waals surface area contributed by atoms with E-state index in [9.17, 15) is 14.7 Å². The third-order valence-corrected chi connectivity index (χ3v) is 4.75. The maximum absolute atomic E-state index is 12.4. The summed E-state index contributed by atoms with van der Waals surface area (Å²) in [4.78, 5) is 24.6. The maximum atomic E-state index is 12.4. The lowest BCUT2D eigenvalue weighted by molar-refractivity contribution is -0.124. The van der Waals surface area contributed by atoms with Gasteiger partial charge in [0.15, 0.2) is 6.61 Å². The molecule has 142 valence electrons. The van der Waals surface area contributed by atoms with Crippen molar-refractivity contribution in [2.75, 3.05) is 6.61 Å². The van der Waals surface area contributed by atoms with Crippen molar-refractivity contribution in [1.29, 1.82) is 0 Å². The molecule has 3 aromatic carbocycles. The van der Waals surface area contributed by atoms with Gasteiger partial charge >= 0.3 is 5.97 Å². The van der Waals surface area contributed by atoms with E-state index >= 15 is 0 Å². The molecule has 0 aromatic heterocycles. The minimum absolute atomic E-state index is 0.0300. The first-order valence-corrected chi connectivity index (χ1v) is 9.67. The van der Waals surface area contributed by atoms with E-state index in [0.717, 1.165) is 14.7 Å². The summed E-state index contributed by atoms with van der Waals surface area (Å²) in [6.45, 7) is -0.445. The number of esters is 1. The predicted molar refractivity (Wildman–Crippen MR) is 114 cm³/mol. The van der Waals surface area contributed by atoms with Gasteiger partial charge < -0.3 is 15.2 Å². The summed E-state index contributed by atoms with van der Waals surface area (Å²) in [6.07, 6.45) is 0. The molecule has 2 N–H and O–H groups in total. The molecular weight excluding hydrogens is 469 g/mol. The molecule has 0 aliphatic carbocycles. The van der Waals surface area contributed by atoms with Gasteiger partial charge in [-0.15, -0.1) is 0 Å². The van der Waals surface area contributed by atoms with Crippen LogP contribution in [-0.2, 0) is 9.53 Å². The molecule has 28 heavy (non-hydrogen) atoms. The molecule has 5 nitrogen and oxygen atoms in total. The summed E-state index contributed by atoms with van der Waals surface area (Å²) in [6, 6.07) is 23.3. The first-order chi connectivity index (χ1) is 13.5. The minimum Gasteiger partial charge on any atom is -0.507 e. The monoisotopic (exact) mass is 487 g/mol. The zero-order valence-corrected chi connectivity index (χ0v) is 17.0. The SMILES string of the molecule is O=C(COC(=O)c1cc(I)ccc1O)NC(c1ccccc1)c1ccccc1. The molecule has 0 fully saturated rings. The van der Waals surface area contributed by atoms with E-state index in [4.69, 9.17) is 4.74 Å². The number of halogens is 1. The number of rotatable bonds is 6. The third kappa shape index (κ3) is 5.10. The van der Waals surface area contributed by atoms with Crippen LogP contribution in [0.3, 0.4) is 0 Å². The van der Waals surface area contributed by atoms with Gasteiger partial charge in [0.25, 0.3) is 5.91 Å². The van der Waals surface area contributed by atoms with Gasteiger partial charge in [-0.1, -0.05) is 60.7 Å². The highest BCUT2D eigenvalue weighted by atomic mass is 127. The lowest BCUT2D eigenvalue weighted by atomic mass is 9.99. The largest absolute Gasteiger partial charge is 0.507 e. The van der Waals surface area contributed by atoms with Gasteiger partial charge in [-0.05, 0) is 51.9 Å². The lowest BCUT2D eigenvalue weighted by Gasteiger charge is -2.20. The summed E-state index contributed by atoms with van der Waals surface area (Å²) in [7, 11) is 0. The van der Waals surface area contributed by atoms with Crippen LogP contribution >= 0.6 is 22.6 Å². The van der Waals surface area contributed by atoms with Crippen LogP contribution in [0.2, 0.25) is 0 Å². The number of carbonyl (C=O) groups excluding carboxylic acids is 2. The molecule has 3 rings (SSSR count). The quantitative estimate of drug-likeness (QED) is 0.407. The lowest BCUT2D eigenvalue weighted by Crippen LogP contribution is -2.33. The number of carbonyl (C=O) groups is 2. The Morgan fingerprint density at radius 3 is 2.07 bits per heavy atom. The Morgan fingerprint density at radius 2 is 1.50 bits per heavy atom. The predicted octanol–water partition coefficient (Wildman–Crippen LogP) is 4.06. The smallest absolute Gasteiger partial charge is 0.342 e. The van der Waals surface area contributed by atoms with Gasteiger partial charge in [0.05, 0.1) is 6.04 Å². The van der Waals surface area contributed by atoms with Crippen LogP contribution in [0.15, 0.2) is 78.9 Å². The highest BCUT2D eigenvalue weighted by Crippen LogP contribution is 2.22. The topological polar surface area (TPSA) is 75.6 Å².